The minimum atomic E-state index is -0.104. The van der Waals surface area contributed by atoms with Crippen LogP contribution in [0.1, 0.15) is 24.5 Å². The van der Waals surface area contributed by atoms with Crippen LogP contribution in [0.25, 0.3) is 0 Å². The topological polar surface area (TPSA) is 49.9 Å². The number of methoxy groups -OCH3 is 1. The molecule has 0 aliphatic rings. The fraction of sp³-hybridized carbons (Fsp3) is 0.364. The maximum absolute atomic E-state index is 12.5. The molecule has 0 fully saturated rings. The van der Waals surface area contributed by atoms with Gasteiger partial charge in [-0.2, -0.15) is 0 Å². The third-order valence-corrected chi connectivity index (χ3v) is 4.34. The minimum Gasteiger partial charge on any atom is -0.375 e. The highest BCUT2D eigenvalue weighted by atomic mass is 16.5. The van der Waals surface area contributed by atoms with Crippen molar-refractivity contribution in [3.05, 3.63) is 65.7 Å². The predicted molar refractivity (Wildman–Crippen MR) is 108 cm³/mol. The molecule has 5 heteroatoms. The normalized spacial score (nSPS) is 10.5. The molecule has 144 valence electrons. The number of carbonyl (C=O) groups is 2. The molecule has 0 unspecified atom stereocenters. The molecule has 0 radical (unpaired) electrons. The molecule has 0 atom stereocenters. The van der Waals surface area contributed by atoms with Crippen LogP contribution in [0.5, 0.6) is 0 Å². The zero-order valence-corrected chi connectivity index (χ0v) is 16.4. The van der Waals surface area contributed by atoms with Gasteiger partial charge in [0, 0.05) is 26.4 Å². The zero-order valence-electron chi connectivity index (χ0n) is 16.4. The highest BCUT2D eigenvalue weighted by molar-refractivity contribution is 5.94. The van der Waals surface area contributed by atoms with Gasteiger partial charge < -0.3 is 14.5 Å². The first kappa shape index (κ1) is 20.6. The average molecular weight is 368 g/mol. The van der Waals surface area contributed by atoms with Gasteiger partial charge in [-0.05, 0) is 29.7 Å². The molecule has 0 aliphatic carbocycles. The van der Waals surface area contributed by atoms with Crippen molar-refractivity contribution in [1.29, 1.82) is 0 Å². The lowest BCUT2D eigenvalue weighted by atomic mass is 10.1. The van der Waals surface area contributed by atoms with Gasteiger partial charge in [-0.15, -0.1) is 0 Å². The molecule has 0 heterocycles. The molecule has 0 aliphatic heterocycles. The summed E-state index contributed by atoms with van der Waals surface area (Å²) in [5.41, 5.74) is 2.77. The molecule has 0 aromatic heterocycles. The number of anilines is 1. The molecule has 2 aromatic rings. The maximum Gasteiger partial charge on any atom is 0.253 e. The standard InChI is InChI=1S/C22H28N2O3/c1-4-14-23(2)21(25)15-18-10-12-20(13-11-18)24(22(26)17-27-3)16-19-8-6-5-7-9-19/h5-13H,4,14-17H2,1-3H3. The molecule has 2 aromatic carbocycles. The van der Waals surface area contributed by atoms with Gasteiger partial charge in [0.15, 0.2) is 0 Å². The summed E-state index contributed by atoms with van der Waals surface area (Å²) in [5.74, 6) is -0.00550. The van der Waals surface area contributed by atoms with E-state index in [0.717, 1.165) is 29.8 Å². The molecule has 0 bridgehead atoms. The minimum absolute atomic E-state index is 0.0227. The number of rotatable bonds is 9. The fourth-order valence-corrected chi connectivity index (χ4v) is 2.85. The first-order valence-electron chi connectivity index (χ1n) is 9.21. The lowest BCUT2D eigenvalue weighted by molar-refractivity contribution is -0.129. The number of carbonyl (C=O) groups excluding carboxylic acids is 2. The largest absolute Gasteiger partial charge is 0.375 e. The Morgan fingerprint density at radius 3 is 2.19 bits per heavy atom. The van der Waals surface area contributed by atoms with Crippen molar-refractivity contribution >= 4 is 17.5 Å². The van der Waals surface area contributed by atoms with Crippen molar-refractivity contribution in [2.24, 2.45) is 0 Å². The number of nitrogens with zero attached hydrogens (tertiary/aromatic N) is 2. The van der Waals surface area contributed by atoms with Crippen LogP contribution in [0.3, 0.4) is 0 Å². The van der Waals surface area contributed by atoms with Gasteiger partial charge >= 0.3 is 0 Å². The number of amides is 2. The highest BCUT2D eigenvalue weighted by Gasteiger charge is 2.16. The van der Waals surface area contributed by atoms with Gasteiger partial charge in [-0.3, -0.25) is 9.59 Å². The number of likely N-dealkylation sites (N-methyl/N-ethyl adjacent to an activating group) is 1. The van der Waals surface area contributed by atoms with Crippen LogP contribution in [-0.2, 0) is 27.3 Å². The monoisotopic (exact) mass is 368 g/mol. The zero-order chi connectivity index (χ0) is 19.6. The van der Waals surface area contributed by atoms with E-state index in [2.05, 4.69) is 6.92 Å². The van der Waals surface area contributed by atoms with Crippen LogP contribution >= 0.6 is 0 Å². The van der Waals surface area contributed by atoms with Crippen molar-refractivity contribution in [1.82, 2.24) is 4.90 Å². The first-order valence-corrected chi connectivity index (χ1v) is 9.21. The third-order valence-electron chi connectivity index (χ3n) is 4.34. The quantitative estimate of drug-likeness (QED) is 0.682. The van der Waals surface area contributed by atoms with Crippen molar-refractivity contribution in [2.75, 3.05) is 32.2 Å². The summed E-state index contributed by atoms with van der Waals surface area (Å²) in [6.07, 6.45) is 1.30. The summed E-state index contributed by atoms with van der Waals surface area (Å²) in [5, 5.41) is 0. The predicted octanol–water partition coefficient (Wildman–Crippen LogP) is 3.28. The number of benzene rings is 2. The number of hydrogen-bond donors (Lipinski definition) is 0. The molecular formula is C22H28N2O3. The summed E-state index contributed by atoms with van der Waals surface area (Å²) in [7, 11) is 3.34. The van der Waals surface area contributed by atoms with Gasteiger partial charge in [-0.1, -0.05) is 49.4 Å². The first-order chi connectivity index (χ1) is 13.0. The van der Waals surface area contributed by atoms with Gasteiger partial charge in [0.1, 0.15) is 6.61 Å². The summed E-state index contributed by atoms with van der Waals surface area (Å²) >= 11 is 0. The Morgan fingerprint density at radius 1 is 0.926 bits per heavy atom. The average Bonchev–Trinajstić information content (AvgIpc) is 2.68. The second-order valence-electron chi connectivity index (χ2n) is 6.56. The Morgan fingerprint density at radius 2 is 1.59 bits per heavy atom. The SMILES string of the molecule is CCCN(C)C(=O)Cc1ccc(N(Cc2ccccc2)C(=O)COC)cc1. The molecule has 27 heavy (non-hydrogen) atoms. The molecule has 2 amide bonds. The number of hydrogen-bond acceptors (Lipinski definition) is 3. The molecule has 0 spiro atoms. The highest BCUT2D eigenvalue weighted by Crippen LogP contribution is 2.19. The van der Waals surface area contributed by atoms with E-state index in [-0.39, 0.29) is 18.4 Å². The van der Waals surface area contributed by atoms with E-state index in [0.29, 0.717) is 13.0 Å². The van der Waals surface area contributed by atoms with E-state index in [1.54, 1.807) is 9.80 Å². The van der Waals surface area contributed by atoms with Crippen LogP contribution in [0, 0.1) is 0 Å². The molecule has 0 saturated carbocycles. The van der Waals surface area contributed by atoms with E-state index >= 15 is 0 Å². The van der Waals surface area contributed by atoms with E-state index in [9.17, 15) is 9.59 Å². The molecular weight excluding hydrogens is 340 g/mol. The summed E-state index contributed by atoms with van der Waals surface area (Å²) < 4.78 is 5.03. The second kappa shape index (κ2) is 10.5. The molecule has 5 nitrogen and oxygen atoms in total. The second-order valence-corrected chi connectivity index (χ2v) is 6.56. The van der Waals surface area contributed by atoms with Gasteiger partial charge in [0.2, 0.25) is 5.91 Å². The van der Waals surface area contributed by atoms with Gasteiger partial charge in [0.25, 0.3) is 5.91 Å². The van der Waals surface area contributed by atoms with E-state index < -0.39 is 0 Å². The molecule has 0 saturated heterocycles. The van der Waals surface area contributed by atoms with E-state index in [1.165, 1.54) is 7.11 Å². The van der Waals surface area contributed by atoms with Crippen LogP contribution in [0.4, 0.5) is 5.69 Å². The van der Waals surface area contributed by atoms with Gasteiger partial charge in [0.05, 0.1) is 13.0 Å². The van der Waals surface area contributed by atoms with Gasteiger partial charge in [-0.25, -0.2) is 0 Å². The maximum atomic E-state index is 12.5. The van der Waals surface area contributed by atoms with Crippen LogP contribution in [-0.4, -0.2) is 44.0 Å². The third kappa shape index (κ3) is 6.22. The van der Waals surface area contributed by atoms with Crippen LogP contribution in [0.2, 0.25) is 0 Å². The smallest absolute Gasteiger partial charge is 0.253 e. The van der Waals surface area contributed by atoms with Crippen LogP contribution in [0.15, 0.2) is 54.6 Å². The van der Waals surface area contributed by atoms with E-state index in [4.69, 9.17) is 4.74 Å². The Labute approximate surface area is 161 Å². The fourth-order valence-electron chi connectivity index (χ4n) is 2.85. The van der Waals surface area contributed by atoms with Crippen molar-refractivity contribution in [3.8, 4) is 0 Å². The summed E-state index contributed by atoms with van der Waals surface area (Å²) in [6, 6.07) is 17.4. The number of ether oxygens (including phenoxy) is 1. The Bertz CT molecular complexity index is 729. The lowest BCUT2D eigenvalue weighted by Crippen LogP contribution is -2.33. The van der Waals surface area contributed by atoms with Crippen molar-refractivity contribution < 1.29 is 14.3 Å². The lowest BCUT2D eigenvalue weighted by Gasteiger charge is -2.23. The van der Waals surface area contributed by atoms with Crippen LogP contribution < -0.4 is 4.90 Å². The van der Waals surface area contributed by atoms with Crippen molar-refractivity contribution in [2.45, 2.75) is 26.3 Å². The van der Waals surface area contributed by atoms with Crippen molar-refractivity contribution in [3.63, 3.8) is 0 Å². The molecule has 0 N–H and O–H groups in total. The Balaban J connectivity index is 2.13. The summed E-state index contributed by atoms with van der Waals surface area (Å²) in [4.78, 5) is 28.2. The Kier molecular flexibility index (Phi) is 8.01. The van der Waals surface area contributed by atoms with E-state index in [1.807, 2.05) is 61.6 Å². The molecule has 2 rings (SSSR count). The summed E-state index contributed by atoms with van der Waals surface area (Å²) in [6.45, 7) is 3.31. The Hall–Kier alpha value is -2.66.